The first-order chi connectivity index (χ1) is 19.1. The van der Waals surface area contributed by atoms with Crippen LogP contribution in [-0.4, -0.2) is 67.9 Å². The molecule has 16 heteroatoms. The SMILES string of the molecule is COc1cccc(O)c1-n1c(NS(=O)(=O)[C@@H](C)[C@H](OC)c2ncc(Cl)cn2)nnc1-c1n[nH]c2ccc(Cl)cc12. The van der Waals surface area contributed by atoms with Crippen LogP contribution in [0.25, 0.3) is 28.1 Å². The second-order valence-corrected chi connectivity index (χ2v) is 11.5. The second kappa shape index (κ2) is 10.9. The summed E-state index contributed by atoms with van der Waals surface area (Å²) in [5, 5.41) is 26.6. The Morgan fingerprint density at radius 1 is 1.07 bits per heavy atom. The highest BCUT2D eigenvalue weighted by Crippen LogP contribution is 2.39. The third-order valence-corrected chi connectivity index (χ3v) is 8.24. The smallest absolute Gasteiger partial charge is 0.243 e. The summed E-state index contributed by atoms with van der Waals surface area (Å²) < 4.78 is 41.9. The van der Waals surface area contributed by atoms with Gasteiger partial charge < -0.3 is 14.6 Å². The van der Waals surface area contributed by atoms with E-state index in [1.165, 1.54) is 44.2 Å². The molecule has 40 heavy (non-hydrogen) atoms. The van der Waals surface area contributed by atoms with Gasteiger partial charge in [-0.1, -0.05) is 29.3 Å². The highest BCUT2D eigenvalue weighted by atomic mass is 35.5. The van der Waals surface area contributed by atoms with Gasteiger partial charge in [0.15, 0.2) is 11.6 Å². The third kappa shape index (κ3) is 5.01. The number of hydrogen-bond donors (Lipinski definition) is 3. The van der Waals surface area contributed by atoms with Crippen LogP contribution in [0.5, 0.6) is 11.5 Å². The van der Waals surface area contributed by atoms with Crippen molar-refractivity contribution in [2.24, 2.45) is 0 Å². The lowest BCUT2D eigenvalue weighted by molar-refractivity contribution is 0.0950. The molecule has 0 saturated carbocycles. The maximum absolute atomic E-state index is 13.6. The molecular weight excluding hydrogens is 583 g/mol. The van der Waals surface area contributed by atoms with E-state index in [1.807, 2.05) is 0 Å². The molecule has 0 aliphatic carbocycles. The summed E-state index contributed by atoms with van der Waals surface area (Å²) in [6.45, 7) is 1.43. The van der Waals surface area contributed by atoms with Crippen molar-refractivity contribution >= 4 is 50.1 Å². The lowest BCUT2D eigenvalue weighted by Crippen LogP contribution is -2.33. The highest BCUT2D eigenvalue weighted by Gasteiger charge is 2.35. The number of H-pyrrole nitrogens is 1. The number of para-hydroxylation sites is 1. The number of nitrogens with zero attached hydrogens (tertiary/aromatic N) is 6. The number of phenols is 1. The fraction of sp³-hybridized carbons (Fsp3) is 0.208. The normalized spacial score (nSPS) is 13.3. The van der Waals surface area contributed by atoms with Crippen molar-refractivity contribution in [1.82, 2.24) is 34.9 Å². The van der Waals surface area contributed by atoms with Crippen molar-refractivity contribution in [3.05, 3.63) is 64.7 Å². The average molecular weight is 605 g/mol. The molecule has 208 valence electrons. The maximum atomic E-state index is 13.6. The fourth-order valence-corrected chi connectivity index (χ4v) is 5.53. The summed E-state index contributed by atoms with van der Waals surface area (Å²) in [5.74, 6) is -0.0308. The number of methoxy groups -OCH3 is 2. The number of anilines is 1. The molecule has 3 heterocycles. The van der Waals surface area contributed by atoms with Crippen LogP contribution in [0.15, 0.2) is 48.8 Å². The Kier molecular flexibility index (Phi) is 7.51. The van der Waals surface area contributed by atoms with Gasteiger partial charge in [0, 0.05) is 29.9 Å². The first-order valence-electron chi connectivity index (χ1n) is 11.6. The molecule has 5 aromatic rings. The molecule has 0 aliphatic heterocycles. The number of aromatic nitrogens is 7. The van der Waals surface area contributed by atoms with Crippen molar-refractivity contribution in [1.29, 1.82) is 0 Å². The number of hydrogen-bond acceptors (Lipinski definition) is 10. The summed E-state index contributed by atoms with van der Waals surface area (Å²) in [5.41, 5.74) is 1.04. The summed E-state index contributed by atoms with van der Waals surface area (Å²) in [4.78, 5) is 8.20. The van der Waals surface area contributed by atoms with Crippen LogP contribution in [0.2, 0.25) is 10.0 Å². The van der Waals surface area contributed by atoms with Gasteiger partial charge >= 0.3 is 0 Å². The average Bonchev–Trinajstić information content (AvgIpc) is 3.52. The zero-order valence-corrected chi connectivity index (χ0v) is 23.5. The number of aromatic amines is 1. The van der Waals surface area contributed by atoms with E-state index in [-0.39, 0.29) is 39.8 Å². The van der Waals surface area contributed by atoms with E-state index in [9.17, 15) is 13.5 Å². The number of aromatic hydroxyl groups is 1. The van der Waals surface area contributed by atoms with Gasteiger partial charge in [0.05, 0.1) is 17.6 Å². The summed E-state index contributed by atoms with van der Waals surface area (Å²) in [6.07, 6.45) is 1.63. The van der Waals surface area contributed by atoms with Gasteiger partial charge in [-0.3, -0.25) is 14.4 Å². The Bertz CT molecular complexity index is 1790. The Morgan fingerprint density at radius 2 is 1.82 bits per heavy atom. The molecule has 0 bridgehead atoms. The van der Waals surface area contributed by atoms with E-state index < -0.39 is 21.4 Å². The van der Waals surface area contributed by atoms with Gasteiger partial charge in [0.25, 0.3) is 0 Å². The fourth-order valence-electron chi connectivity index (χ4n) is 4.13. The lowest BCUT2D eigenvalue weighted by atomic mass is 10.2. The minimum absolute atomic E-state index is 0.0813. The van der Waals surface area contributed by atoms with E-state index in [4.69, 9.17) is 32.7 Å². The highest BCUT2D eigenvalue weighted by molar-refractivity contribution is 7.93. The monoisotopic (exact) mass is 604 g/mol. The van der Waals surface area contributed by atoms with Crippen LogP contribution < -0.4 is 9.46 Å². The number of fused-ring (bicyclic) bond motifs is 1. The topological polar surface area (TPSA) is 170 Å². The molecule has 5 rings (SSSR count). The second-order valence-electron chi connectivity index (χ2n) is 8.54. The number of ether oxygens (including phenoxy) is 2. The Balaban J connectivity index is 1.65. The van der Waals surface area contributed by atoms with Gasteiger partial charge in [-0.25, -0.2) is 18.4 Å². The van der Waals surface area contributed by atoms with Crippen molar-refractivity contribution < 1.29 is 23.0 Å². The molecule has 2 aromatic carbocycles. The van der Waals surface area contributed by atoms with Gasteiger partial charge in [-0.2, -0.15) is 5.10 Å². The largest absolute Gasteiger partial charge is 0.506 e. The van der Waals surface area contributed by atoms with E-state index in [0.717, 1.165) is 0 Å². The molecule has 0 amide bonds. The standard InChI is InChI=1S/C24H22Cl2N8O5S/c1-12(21(39-3)22-27-10-14(26)11-28-22)40(36,37)33-24-32-31-23(19-15-9-13(25)7-8-16(15)29-30-19)34(24)20-17(35)5-4-6-18(20)38-2/h4-12,21,35H,1-3H3,(H,29,30)(H,32,33)/t12-,21-/m0/s1. The van der Waals surface area contributed by atoms with Crippen LogP contribution in [0, 0.1) is 0 Å². The van der Waals surface area contributed by atoms with Crippen molar-refractivity contribution in [2.75, 3.05) is 18.9 Å². The molecular formula is C24H22Cl2N8O5S. The molecule has 3 aromatic heterocycles. The minimum Gasteiger partial charge on any atom is -0.506 e. The number of benzene rings is 2. The Hall–Kier alpha value is -3.98. The molecule has 0 radical (unpaired) electrons. The van der Waals surface area contributed by atoms with Gasteiger partial charge in [0.2, 0.25) is 16.0 Å². The summed E-state index contributed by atoms with van der Waals surface area (Å²) in [6, 6.07) is 9.70. The summed E-state index contributed by atoms with van der Waals surface area (Å²) >= 11 is 12.1. The number of nitrogens with one attached hydrogen (secondary N) is 2. The van der Waals surface area contributed by atoms with Gasteiger partial charge in [0.1, 0.15) is 34.2 Å². The first kappa shape index (κ1) is 27.6. The van der Waals surface area contributed by atoms with Gasteiger partial charge in [-0.05, 0) is 37.3 Å². The number of phenolic OH excluding ortho intramolecular Hbond substituents is 1. The molecule has 0 fully saturated rings. The van der Waals surface area contributed by atoms with E-state index in [2.05, 4.69) is 35.1 Å². The van der Waals surface area contributed by atoms with Crippen molar-refractivity contribution in [2.45, 2.75) is 18.3 Å². The Labute approximate surface area is 238 Å². The molecule has 2 atom stereocenters. The number of halogens is 2. The predicted octanol–water partition coefficient (Wildman–Crippen LogP) is 4.14. The number of rotatable bonds is 9. The quantitative estimate of drug-likeness (QED) is 0.222. The van der Waals surface area contributed by atoms with E-state index >= 15 is 0 Å². The predicted molar refractivity (Wildman–Crippen MR) is 148 cm³/mol. The van der Waals surface area contributed by atoms with Crippen LogP contribution in [-0.2, 0) is 14.8 Å². The molecule has 0 aliphatic rings. The van der Waals surface area contributed by atoms with Crippen LogP contribution >= 0.6 is 23.2 Å². The van der Waals surface area contributed by atoms with Crippen molar-refractivity contribution in [3.63, 3.8) is 0 Å². The zero-order valence-electron chi connectivity index (χ0n) is 21.2. The van der Waals surface area contributed by atoms with Crippen LogP contribution in [0.3, 0.4) is 0 Å². The molecule has 3 N–H and O–H groups in total. The molecule has 0 saturated heterocycles. The van der Waals surface area contributed by atoms with Crippen LogP contribution in [0.4, 0.5) is 5.95 Å². The lowest BCUT2D eigenvalue weighted by Gasteiger charge is -2.22. The van der Waals surface area contributed by atoms with E-state index in [1.54, 1.807) is 30.3 Å². The first-order valence-corrected chi connectivity index (χ1v) is 13.9. The molecule has 13 nitrogen and oxygen atoms in total. The Morgan fingerprint density at radius 3 is 2.52 bits per heavy atom. The third-order valence-electron chi connectivity index (χ3n) is 6.12. The van der Waals surface area contributed by atoms with Gasteiger partial charge in [-0.15, -0.1) is 10.2 Å². The zero-order chi connectivity index (χ0) is 28.6. The van der Waals surface area contributed by atoms with Crippen molar-refractivity contribution in [3.8, 4) is 28.7 Å². The minimum atomic E-state index is -4.23. The molecule has 0 unspecified atom stereocenters. The summed E-state index contributed by atoms with van der Waals surface area (Å²) in [7, 11) is -1.48. The molecule has 0 spiro atoms. The maximum Gasteiger partial charge on any atom is 0.243 e. The van der Waals surface area contributed by atoms with Crippen LogP contribution in [0.1, 0.15) is 18.9 Å². The number of sulfonamides is 1. The van der Waals surface area contributed by atoms with E-state index in [0.29, 0.717) is 21.6 Å².